The van der Waals surface area contributed by atoms with Crippen molar-refractivity contribution in [1.29, 1.82) is 0 Å². The van der Waals surface area contributed by atoms with Crippen molar-refractivity contribution < 1.29 is 9.53 Å². The first-order valence-corrected chi connectivity index (χ1v) is 6.70. The van der Waals surface area contributed by atoms with Crippen LogP contribution in [0.1, 0.15) is 5.69 Å². The van der Waals surface area contributed by atoms with E-state index in [4.69, 9.17) is 4.74 Å². The molecule has 0 aliphatic carbocycles. The predicted octanol–water partition coefficient (Wildman–Crippen LogP) is 0.0292. The Labute approximate surface area is 109 Å². The molecule has 1 aliphatic rings. The van der Waals surface area contributed by atoms with Crippen molar-refractivity contribution >= 4 is 17.7 Å². The molecule has 0 bridgehead atoms. The lowest BCUT2D eigenvalue weighted by molar-refractivity contribution is -0.132. The molecule has 7 heteroatoms. The lowest BCUT2D eigenvalue weighted by Gasteiger charge is -2.26. The van der Waals surface area contributed by atoms with Crippen LogP contribution in [-0.2, 0) is 9.53 Å². The molecule has 1 aromatic rings. The van der Waals surface area contributed by atoms with Crippen LogP contribution >= 0.6 is 11.8 Å². The Morgan fingerprint density at radius 3 is 2.94 bits per heavy atom. The van der Waals surface area contributed by atoms with E-state index in [-0.39, 0.29) is 11.6 Å². The highest BCUT2D eigenvalue weighted by atomic mass is 32.2. The van der Waals surface area contributed by atoms with Gasteiger partial charge in [0.15, 0.2) is 0 Å². The molecule has 98 valence electrons. The minimum absolute atomic E-state index is 0.0584. The summed E-state index contributed by atoms with van der Waals surface area (Å²) in [4.78, 5) is 31.2. The summed E-state index contributed by atoms with van der Waals surface area (Å²) in [5.74, 6) is 0.360. The van der Waals surface area contributed by atoms with Crippen LogP contribution in [0.5, 0.6) is 0 Å². The van der Waals surface area contributed by atoms with Crippen LogP contribution in [0.3, 0.4) is 0 Å². The van der Waals surface area contributed by atoms with E-state index in [2.05, 4.69) is 9.97 Å². The number of hydrogen-bond donors (Lipinski definition) is 1. The highest BCUT2D eigenvalue weighted by Crippen LogP contribution is 2.15. The zero-order chi connectivity index (χ0) is 13.0. The number of H-pyrrole nitrogens is 1. The molecule has 2 rings (SSSR count). The number of morpholine rings is 1. The summed E-state index contributed by atoms with van der Waals surface area (Å²) in [7, 11) is 0. The molecular weight excluding hydrogens is 254 g/mol. The Kier molecular flexibility index (Phi) is 4.38. The predicted molar refractivity (Wildman–Crippen MR) is 67.7 cm³/mol. The quantitative estimate of drug-likeness (QED) is 0.619. The Morgan fingerprint density at radius 1 is 1.56 bits per heavy atom. The fourth-order valence-corrected chi connectivity index (χ4v) is 2.53. The third-order valence-corrected chi connectivity index (χ3v) is 3.46. The Morgan fingerprint density at radius 2 is 2.28 bits per heavy atom. The summed E-state index contributed by atoms with van der Waals surface area (Å²) in [6, 6.07) is 1.76. The van der Waals surface area contributed by atoms with Crippen molar-refractivity contribution in [3.05, 3.63) is 22.2 Å². The number of aryl methyl sites for hydroxylation is 1. The summed E-state index contributed by atoms with van der Waals surface area (Å²) >= 11 is 1.29. The molecule has 0 radical (unpaired) electrons. The van der Waals surface area contributed by atoms with Crippen LogP contribution < -0.4 is 5.69 Å². The standard InChI is InChI=1S/C11H15N3O3S/c1-8-6-9(13-11(16)12-8)18-7-10(15)14-2-4-17-5-3-14/h6H,2-5,7H2,1H3,(H,12,13,16). The number of aromatic amines is 1. The van der Waals surface area contributed by atoms with Crippen molar-refractivity contribution in [3.8, 4) is 0 Å². The van der Waals surface area contributed by atoms with Gasteiger partial charge in [0.05, 0.1) is 19.0 Å². The number of aromatic nitrogens is 2. The van der Waals surface area contributed by atoms with Gasteiger partial charge in [-0.3, -0.25) is 4.79 Å². The average molecular weight is 269 g/mol. The summed E-state index contributed by atoms with van der Waals surface area (Å²) in [5.41, 5.74) is 0.368. The summed E-state index contributed by atoms with van der Waals surface area (Å²) in [5, 5.41) is 0.581. The number of nitrogens with zero attached hydrogens (tertiary/aromatic N) is 2. The van der Waals surface area contributed by atoms with Gasteiger partial charge < -0.3 is 14.6 Å². The topological polar surface area (TPSA) is 75.3 Å². The van der Waals surface area contributed by atoms with Gasteiger partial charge in [0.1, 0.15) is 5.03 Å². The van der Waals surface area contributed by atoms with E-state index in [0.717, 1.165) is 5.69 Å². The van der Waals surface area contributed by atoms with Gasteiger partial charge in [-0.05, 0) is 13.0 Å². The molecule has 1 N–H and O–H groups in total. The number of carbonyl (C=O) groups is 1. The molecule has 0 aromatic carbocycles. The normalized spacial score (nSPS) is 15.7. The average Bonchev–Trinajstić information content (AvgIpc) is 2.36. The minimum Gasteiger partial charge on any atom is -0.378 e. The maximum atomic E-state index is 11.9. The van der Waals surface area contributed by atoms with Crippen LogP contribution in [0.4, 0.5) is 0 Å². The fraction of sp³-hybridized carbons (Fsp3) is 0.545. The number of carbonyl (C=O) groups excluding carboxylic acids is 1. The number of thioether (sulfide) groups is 1. The molecule has 2 heterocycles. The summed E-state index contributed by atoms with van der Waals surface area (Å²) in [6.07, 6.45) is 0. The Balaban J connectivity index is 1.90. The van der Waals surface area contributed by atoms with E-state index in [1.807, 2.05) is 0 Å². The lowest BCUT2D eigenvalue weighted by atomic mass is 10.4. The van der Waals surface area contributed by atoms with Crippen molar-refractivity contribution in [1.82, 2.24) is 14.9 Å². The van der Waals surface area contributed by atoms with Gasteiger partial charge in [0.2, 0.25) is 5.91 Å². The van der Waals surface area contributed by atoms with Gasteiger partial charge in [0.25, 0.3) is 0 Å². The molecule has 0 unspecified atom stereocenters. The maximum absolute atomic E-state index is 11.9. The molecule has 1 aliphatic heterocycles. The molecule has 1 aromatic heterocycles. The van der Waals surface area contributed by atoms with E-state index in [1.54, 1.807) is 17.9 Å². The van der Waals surface area contributed by atoms with E-state index >= 15 is 0 Å². The molecule has 1 saturated heterocycles. The zero-order valence-corrected chi connectivity index (χ0v) is 11.0. The SMILES string of the molecule is Cc1cc(SCC(=O)N2CCOCC2)nc(=O)[nH]1. The number of amides is 1. The highest BCUT2D eigenvalue weighted by Gasteiger charge is 2.16. The van der Waals surface area contributed by atoms with Gasteiger partial charge in [-0.15, -0.1) is 0 Å². The molecule has 1 amide bonds. The summed E-state index contributed by atoms with van der Waals surface area (Å²) < 4.78 is 5.19. The molecule has 18 heavy (non-hydrogen) atoms. The van der Waals surface area contributed by atoms with Crippen LogP contribution in [0.15, 0.2) is 15.9 Å². The van der Waals surface area contributed by atoms with E-state index in [9.17, 15) is 9.59 Å². The number of hydrogen-bond acceptors (Lipinski definition) is 5. The number of nitrogens with one attached hydrogen (secondary N) is 1. The highest BCUT2D eigenvalue weighted by molar-refractivity contribution is 7.99. The molecule has 0 saturated carbocycles. The molecule has 1 fully saturated rings. The fourth-order valence-electron chi connectivity index (χ4n) is 1.66. The number of rotatable bonds is 3. The largest absolute Gasteiger partial charge is 0.378 e. The first-order valence-electron chi connectivity index (χ1n) is 5.71. The van der Waals surface area contributed by atoms with Gasteiger partial charge in [-0.25, -0.2) is 4.79 Å². The molecular formula is C11H15N3O3S. The second-order valence-electron chi connectivity index (χ2n) is 3.99. The van der Waals surface area contributed by atoms with Crippen LogP contribution in [0.25, 0.3) is 0 Å². The second kappa shape index (κ2) is 6.01. The van der Waals surface area contributed by atoms with E-state index < -0.39 is 0 Å². The third kappa shape index (κ3) is 3.58. The first kappa shape index (κ1) is 13.1. The maximum Gasteiger partial charge on any atom is 0.346 e. The van der Waals surface area contributed by atoms with Gasteiger partial charge >= 0.3 is 5.69 Å². The smallest absolute Gasteiger partial charge is 0.346 e. The van der Waals surface area contributed by atoms with Crippen molar-refractivity contribution in [2.75, 3.05) is 32.1 Å². The Bertz CT molecular complexity index is 483. The van der Waals surface area contributed by atoms with Crippen molar-refractivity contribution in [2.45, 2.75) is 11.9 Å². The third-order valence-electron chi connectivity index (χ3n) is 2.56. The first-order chi connectivity index (χ1) is 8.65. The Hall–Kier alpha value is -1.34. The minimum atomic E-state index is -0.378. The van der Waals surface area contributed by atoms with Crippen molar-refractivity contribution in [3.63, 3.8) is 0 Å². The van der Waals surface area contributed by atoms with Crippen LogP contribution in [-0.4, -0.2) is 52.8 Å². The van der Waals surface area contributed by atoms with Gasteiger partial charge in [-0.1, -0.05) is 11.8 Å². The van der Waals surface area contributed by atoms with Gasteiger partial charge in [0, 0.05) is 18.8 Å². The van der Waals surface area contributed by atoms with E-state index in [1.165, 1.54) is 11.8 Å². The molecule has 6 nitrogen and oxygen atoms in total. The van der Waals surface area contributed by atoms with Gasteiger partial charge in [-0.2, -0.15) is 4.98 Å². The lowest BCUT2D eigenvalue weighted by Crippen LogP contribution is -2.41. The van der Waals surface area contributed by atoms with Crippen LogP contribution in [0, 0.1) is 6.92 Å². The second-order valence-corrected chi connectivity index (χ2v) is 4.99. The van der Waals surface area contributed by atoms with Crippen molar-refractivity contribution in [2.24, 2.45) is 0 Å². The van der Waals surface area contributed by atoms with Crippen LogP contribution in [0.2, 0.25) is 0 Å². The number of ether oxygens (including phenoxy) is 1. The summed E-state index contributed by atoms with van der Waals surface area (Å²) in [6.45, 7) is 4.26. The monoisotopic (exact) mass is 269 g/mol. The molecule has 0 atom stereocenters. The zero-order valence-electron chi connectivity index (χ0n) is 10.1. The molecule has 0 spiro atoms. The van der Waals surface area contributed by atoms with E-state index in [0.29, 0.717) is 37.1 Å².